The molecule has 2 aromatic carbocycles. The van der Waals surface area contributed by atoms with Crippen molar-refractivity contribution in [2.45, 2.75) is 57.0 Å². The van der Waals surface area contributed by atoms with Crippen molar-refractivity contribution in [2.75, 3.05) is 39.3 Å². The Balaban J connectivity index is 1.45. The van der Waals surface area contributed by atoms with Crippen LogP contribution < -0.4 is 10.6 Å². The fraction of sp³-hybridized carbons (Fsp3) is 0.517. The number of carbonyl (C=O) groups excluding carboxylic acids is 2. The Morgan fingerprint density at radius 1 is 1.05 bits per heavy atom. The van der Waals surface area contributed by atoms with Crippen LogP contribution in [0, 0.1) is 0 Å². The number of likely N-dealkylation sites (tertiary alicyclic amines) is 1. The Labute approximate surface area is 230 Å². The number of hydrogen-bond donors (Lipinski definition) is 2. The number of nitrogens with zero attached hydrogens (tertiary/aromatic N) is 2. The van der Waals surface area contributed by atoms with Crippen molar-refractivity contribution in [3.63, 3.8) is 0 Å². The van der Waals surface area contributed by atoms with Crippen molar-refractivity contribution >= 4 is 35.0 Å². The van der Waals surface area contributed by atoms with E-state index in [9.17, 15) is 9.59 Å². The Kier molecular flexibility index (Phi) is 10.3. The molecule has 0 aliphatic carbocycles. The number of halogens is 2. The monoisotopic (exact) mass is 544 g/mol. The maximum absolute atomic E-state index is 13.8. The van der Waals surface area contributed by atoms with Gasteiger partial charge in [-0.3, -0.25) is 9.59 Å². The molecule has 0 unspecified atom stereocenters. The fourth-order valence-electron chi connectivity index (χ4n) is 5.37. The highest BCUT2D eigenvalue weighted by atomic mass is 35.5. The van der Waals surface area contributed by atoms with E-state index in [0.29, 0.717) is 47.7 Å². The van der Waals surface area contributed by atoms with Gasteiger partial charge in [0.15, 0.2) is 0 Å². The number of rotatable bonds is 9. The van der Waals surface area contributed by atoms with Crippen molar-refractivity contribution in [2.24, 2.45) is 0 Å². The maximum Gasteiger partial charge on any atom is 0.251 e. The quantitative estimate of drug-likeness (QED) is 0.468. The van der Waals surface area contributed by atoms with Crippen LogP contribution in [-0.2, 0) is 4.79 Å². The summed E-state index contributed by atoms with van der Waals surface area (Å²) in [6, 6.07) is 15.1. The van der Waals surface area contributed by atoms with Crippen molar-refractivity contribution in [3.8, 4) is 0 Å². The van der Waals surface area contributed by atoms with Crippen molar-refractivity contribution in [3.05, 3.63) is 69.7 Å². The second-order valence-electron chi connectivity index (χ2n) is 10.2. The summed E-state index contributed by atoms with van der Waals surface area (Å²) in [7, 11) is 0. The topological polar surface area (TPSA) is 64.7 Å². The molecular formula is C29H38Cl2N4O2. The molecule has 200 valence electrons. The summed E-state index contributed by atoms with van der Waals surface area (Å²) in [5.41, 5.74) is 1.74. The SMILES string of the molecule is CC[C@H](CN1CC[C@@H](CNC(=O)c2ccc(Cl)c(Cl)c2)N[C@@H](CN2CCCCC2)C1=O)c1ccccc1. The van der Waals surface area contributed by atoms with Crippen LogP contribution in [0.15, 0.2) is 48.5 Å². The first-order chi connectivity index (χ1) is 17.9. The second-order valence-corrected chi connectivity index (χ2v) is 11.0. The lowest BCUT2D eigenvalue weighted by atomic mass is 9.95. The van der Waals surface area contributed by atoms with Gasteiger partial charge in [0.2, 0.25) is 5.91 Å². The molecule has 2 N–H and O–H groups in total. The van der Waals surface area contributed by atoms with E-state index in [1.165, 1.54) is 24.8 Å². The minimum Gasteiger partial charge on any atom is -0.350 e. The molecule has 8 heteroatoms. The molecule has 2 fully saturated rings. The number of nitrogens with one attached hydrogen (secondary N) is 2. The third-order valence-electron chi connectivity index (χ3n) is 7.58. The van der Waals surface area contributed by atoms with Gasteiger partial charge in [0.1, 0.15) is 0 Å². The molecule has 4 rings (SSSR count). The fourth-order valence-corrected chi connectivity index (χ4v) is 5.67. The zero-order valence-electron chi connectivity index (χ0n) is 21.6. The van der Waals surface area contributed by atoms with Gasteiger partial charge < -0.3 is 20.4 Å². The molecular weight excluding hydrogens is 507 g/mol. The van der Waals surface area contributed by atoms with E-state index >= 15 is 0 Å². The highest BCUT2D eigenvalue weighted by Crippen LogP contribution is 2.24. The molecule has 0 aromatic heterocycles. The lowest BCUT2D eigenvalue weighted by molar-refractivity contribution is -0.133. The number of benzene rings is 2. The highest BCUT2D eigenvalue weighted by molar-refractivity contribution is 6.42. The Bertz CT molecular complexity index is 1050. The smallest absolute Gasteiger partial charge is 0.251 e. The van der Waals surface area contributed by atoms with Crippen LogP contribution in [0.5, 0.6) is 0 Å². The van der Waals surface area contributed by atoms with Gasteiger partial charge in [0.25, 0.3) is 5.91 Å². The summed E-state index contributed by atoms with van der Waals surface area (Å²) in [5.74, 6) is 0.264. The first-order valence-electron chi connectivity index (χ1n) is 13.5. The Morgan fingerprint density at radius 3 is 2.51 bits per heavy atom. The van der Waals surface area contributed by atoms with E-state index in [1.54, 1.807) is 18.2 Å². The van der Waals surface area contributed by atoms with Gasteiger partial charge in [-0.1, -0.05) is 66.9 Å². The predicted molar refractivity (Wildman–Crippen MR) is 150 cm³/mol. The van der Waals surface area contributed by atoms with Crippen LogP contribution in [0.1, 0.15) is 60.9 Å². The Hall–Kier alpha value is -2.12. The molecule has 2 aliphatic rings. The molecule has 0 spiro atoms. The van der Waals surface area contributed by atoms with Gasteiger partial charge in [0, 0.05) is 43.7 Å². The van der Waals surface area contributed by atoms with Crippen molar-refractivity contribution in [1.82, 2.24) is 20.4 Å². The van der Waals surface area contributed by atoms with E-state index in [0.717, 1.165) is 25.9 Å². The second kappa shape index (κ2) is 13.6. The van der Waals surface area contributed by atoms with E-state index in [4.69, 9.17) is 23.2 Å². The third-order valence-corrected chi connectivity index (χ3v) is 8.32. The van der Waals surface area contributed by atoms with Crippen molar-refractivity contribution < 1.29 is 9.59 Å². The van der Waals surface area contributed by atoms with E-state index < -0.39 is 0 Å². The summed E-state index contributed by atoms with van der Waals surface area (Å²) >= 11 is 12.1. The van der Waals surface area contributed by atoms with Crippen LogP contribution in [0.25, 0.3) is 0 Å². The zero-order valence-corrected chi connectivity index (χ0v) is 23.1. The van der Waals surface area contributed by atoms with Gasteiger partial charge in [0.05, 0.1) is 16.1 Å². The summed E-state index contributed by atoms with van der Waals surface area (Å²) in [6.45, 7) is 6.77. The van der Waals surface area contributed by atoms with Gasteiger partial charge in [-0.2, -0.15) is 0 Å². The third kappa shape index (κ3) is 7.70. The summed E-state index contributed by atoms with van der Waals surface area (Å²) in [4.78, 5) is 31.0. The first-order valence-corrected chi connectivity index (χ1v) is 14.3. The van der Waals surface area contributed by atoms with E-state index in [2.05, 4.69) is 46.7 Å². The molecule has 37 heavy (non-hydrogen) atoms. The predicted octanol–water partition coefficient (Wildman–Crippen LogP) is 4.96. The average Bonchev–Trinajstić information content (AvgIpc) is 3.06. The Morgan fingerprint density at radius 2 is 1.81 bits per heavy atom. The molecule has 3 atom stereocenters. The molecule has 2 aliphatic heterocycles. The van der Waals surface area contributed by atoms with E-state index in [-0.39, 0.29) is 23.9 Å². The van der Waals surface area contributed by atoms with Gasteiger partial charge in [-0.05, 0) is 62.5 Å². The molecule has 0 bridgehead atoms. The van der Waals surface area contributed by atoms with Gasteiger partial charge in [-0.25, -0.2) is 0 Å². The standard InChI is InChI=1S/C29H38Cl2N4O2/c1-2-21(22-9-5-3-6-10-22)19-35-16-13-24(18-32-28(36)23-11-12-25(30)26(31)17-23)33-27(29(35)37)20-34-14-7-4-8-15-34/h3,5-6,9-12,17,21,24,27,33H,2,4,7-8,13-16,18-20H2,1H3,(H,32,36)/t21-,24+,27+/m1/s1. The first kappa shape index (κ1) is 27.9. The lowest BCUT2D eigenvalue weighted by Crippen LogP contribution is -2.54. The normalized spacial score (nSPS) is 21.9. The summed E-state index contributed by atoms with van der Waals surface area (Å²) in [6.07, 6.45) is 5.36. The number of piperidine rings is 1. The molecule has 6 nitrogen and oxygen atoms in total. The summed E-state index contributed by atoms with van der Waals surface area (Å²) in [5, 5.41) is 7.41. The summed E-state index contributed by atoms with van der Waals surface area (Å²) < 4.78 is 0. The maximum atomic E-state index is 13.8. The van der Waals surface area contributed by atoms with Crippen LogP contribution in [0.4, 0.5) is 0 Å². The molecule has 2 saturated heterocycles. The average molecular weight is 546 g/mol. The van der Waals surface area contributed by atoms with Gasteiger partial charge in [-0.15, -0.1) is 0 Å². The van der Waals surface area contributed by atoms with Crippen LogP contribution in [-0.4, -0.2) is 73.0 Å². The largest absolute Gasteiger partial charge is 0.350 e. The number of amides is 2. The minimum absolute atomic E-state index is 0.00716. The van der Waals surface area contributed by atoms with Crippen molar-refractivity contribution in [1.29, 1.82) is 0 Å². The molecule has 0 radical (unpaired) electrons. The van der Waals surface area contributed by atoms with E-state index in [1.807, 2.05) is 11.0 Å². The van der Waals surface area contributed by atoms with Crippen LogP contribution in [0.3, 0.4) is 0 Å². The van der Waals surface area contributed by atoms with Crippen LogP contribution in [0.2, 0.25) is 10.0 Å². The lowest BCUT2D eigenvalue weighted by Gasteiger charge is -2.33. The highest BCUT2D eigenvalue weighted by Gasteiger charge is 2.33. The molecule has 2 amide bonds. The van der Waals surface area contributed by atoms with Crippen LogP contribution >= 0.6 is 23.2 Å². The molecule has 0 saturated carbocycles. The minimum atomic E-state index is -0.291. The van der Waals surface area contributed by atoms with Gasteiger partial charge >= 0.3 is 0 Å². The molecule has 2 aromatic rings. The number of carbonyl (C=O) groups is 2. The zero-order chi connectivity index (χ0) is 26.2. The number of hydrogen-bond acceptors (Lipinski definition) is 4. The molecule has 2 heterocycles.